The summed E-state index contributed by atoms with van der Waals surface area (Å²) < 4.78 is 1.91. The molecule has 1 aromatic heterocycles. The van der Waals surface area contributed by atoms with Gasteiger partial charge in [0.2, 0.25) is 0 Å². The highest BCUT2D eigenvalue weighted by Crippen LogP contribution is 2.34. The van der Waals surface area contributed by atoms with Gasteiger partial charge < -0.3 is 5.32 Å². The minimum atomic E-state index is 0.484. The van der Waals surface area contributed by atoms with Crippen LogP contribution in [0, 0.1) is 6.92 Å². The lowest BCUT2D eigenvalue weighted by atomic mass is 10.3. The summed E-state index contributed by atoms with van der Waals surface area (Å²) >= 11 is 13.2. The van der Waals surface area contributed by atoms with Crippen LogP contribution in [0.15, 0.2) is 27.1 Å². The third-order valence-corrected chi connectivity index (χ3v) is 4.34. The van der Waals surface area contributed by atoms with E-state index in [1.165, 1.54) is 0 Å². The van der Waals surface area contributed by atoms with E-state index in [0.29, 0.717) is 5.15 Å². The van der Waals surface area contributed by atoms with Crippen molar-refractivity contribution in [3.8, 4) is 0 Å². The third-order valence-electron chi connectivity index (χ3n) is 2.66. The molecule has 1 aromatic carbocycles. The van der Waals surface area contributed by atoms with E-state index in [1.54, 1.807) is 0 Å². The average Bonchev–Trinajstić information content (AvgIpc) is 2.38. The number of benzene rings is 1. The number of anilines is 2. The van der Waals surface area contributed by atoms with Crippen molar-refractivity contribution in [2.75, 3.05) is 5.32 Å². The molecule has 0 spiro atoms. The molecular formula is C13H12Br2ClN3. The molecule has 0 aliphatic rings. The summed E-state index contributed by atoms with van der Waals surface area (Å²) in [6.45, 7) is 3.90. The Balaban J connectivity index is 2.46. The van der Waals surface area contributed by atoms with Crippen LogP contribution in [0.25, 0.3) is 0 Å². The molecule has 100 valence electrons. The average molecular weight is 406 g/mol. The number of hydrogen-bond acceptors (Lipinski definition) is 3. The highest BCUT2D eigenvalue weighted by atomic mass is 79.9. The molecule has 0 aliphatic heterocycles. The molecule has 3 nitrogen and oxygen atoms in total. The summed E-state index contributed by atoms with van der Waals surface area (Å²) in [5.41, 5.74) is 1.75. The second kappa shape index (κ2) is 6.20. The first kappa shape index (κ1) is 14.8. The number of hydrogen-bond donors (Lipinski definition) is 1. The summed E-state index contributed by atoms with van der Waals surface area (Å²) in [6.07, 6.45) is 0.742. The standard InChI is InChI=1S/C13H12Br2ClN3/c1-3-10-17-12(16)7(2)13(18-10)19-11-8(14)5-4-6-9(11)15/h4-6H,3H2,1-2H3,(H,17,18,19). The quantitative estimate of drug-likeness (QED) is 0.707. The van der Waals surface area contributed by atoms with E-state index in [1.807, 2.05) is 32.0 Å². The van der Waals surface area contributed by atoms with Crippen LogP contribution in [0.2, 0.25) is 5.15 Å². The number of para-hydroxylation sites is 1. The maximum absolute atomic E-state index is 6.13. The maximum Gasteiger partial charge on any atom is 0.138 e. The Morgan fingerprint density at radius 1 is 1.21 bits per heavy atom. The maximum atomic E-state index is 6.13. The number of nitrogens with zero attached hydrogens (tertiary/aromatic N) is 2. The Hall–Kier alpha value is -0.650. The molecule has 0 amide bonds. The summed E-state index contributed by atoms with van der Waals surface area (Å²) in [4.78, 5) is 8.71. The van der Waals surface area contributed by atoms with Gasteiger partial charge in [-0.25, -0.2) is 9.97 Å². The molecule has 2 rings (SSSR count). The number of aryl methyl sites for hydroxylation is 1. The second-order valence-corrected chi connectivity index (χ2v) is 6.05. The van der Waals surface area contributed by atoms with Crippen LogP contribution in [-0.4, -0.2) is 9.97 Å². The first-order chi connectivity index (χ1) is 9.02. The molecule has 19 heavy (non-hydrogen) atoms. The topological polar surface area (TPSA) is 37.8 Å². The van der Waals surface area contributed by atoms with Gasteiger partial charge in [0.1, 0.15) is 16.8 Å². The monoisotopic (exact) mass is 403 g/mol. The molecule has 0 saturated carbocycles. The summed E-state index contributed by atoms with van der Waals surface area (Å²) in [6, 6.07) is 5.88. The van der Waals surface area contributed by atoms with E-state index >= 15 is 0 Å². The number of aromatic nitrogens is 2. The van der Waals surface area contributed by atoms with Crippen molar-refractivity contribution in [1.29, 1.82) is 0 Å². The molecule has 0 aliphatic carbocycles. The first-order valence-electron chi connectivity index (χ1n) is 5.77. The van der Waals surface area contributed by atoms with Gasteiger partial charge in [0, 0.05) is 20.9 Å². The number of rotatable bonds is 3. The van der Waals surface area contributed by atoms with E-state index in [2.05, 4.69) is 47.1 Å². The van der Waals surface area contributed by atoms with Gasteiger partial charge in [-0.2, -0.15) is 0 Å². The minimum absolute atomic E-state index is 0.484. The van der Waals surface area contributed by atoms with E-state index in [0.717, 1.165) is 38.3 Å². The Kier molecular flexibility index (Phi) is 4.81. The fraction of sp³-hybridized carbons (Fsp3) is 0.231. The van der Waals surface area contributed by atoms with Gasteiger partial charge in [-0.1, -0.05) is 24.6 Å². The van der Waals surface area contributed by atoms with Crippen LogP contribution in [0.3, 0.4) is 0 Å². The lowest BCUT2D eigenvalue weighted by Gasteiger charge is -2.13. The second-order valence-electron chi connectivity index (χ2n) is 3.98. The van der Waals surface area contributed by atoms with E-state index in [-0.39, 0.29) is 0 Å². The van der Waals surface area contributed by atoms with Crippen LogP contribution in [0.4, 0.5) is 11.5 Å². The Labute approximate surface area is 134 Å². The number of nitrogens with one attached hydrogen (secondary N) is 1. The molecular weight excluding hydrogens is 393 g/mol. The largest absolute Gasteiger partial charge is 0.338 e. The van der Waals surface area contributed by atoms with Crippen molar-refractivity contribution < 1.29 is 0 Å². The van der Waals surface area contributed by atoms with Gasteiger partial charge in [0.25, 0.3) is 0 Å². The Bertz CT molecular complexity index is 597. The van der Waals surface area contributed by atoms with Crippen LogP contribution < -0.4 is 5.32 Å². The normalized spacial score (nSPS) is 10.6. The van der Waals surface area contributed by atoms with E-state index in [4.69, 9.17) is 11.6 Å². The van der Waals surface area contributed by atoms with Crippen molar-refractivity contribution in [2.45, 2.75) is 20.3 Å². The van der Waals surface area contributed by atoms with Gasteiger partial charge in [-0.3, -0.25) is 0 Å². The van der Waals surface area contributed by atoms with Gasteiger partial charge in [0.05, 0.1) is 5.69 Å². The molecule has 1 N–H and O–H groups in total. The molecule has 0 radical (unpaired) electrons. The minimum Gasteiger partial charge on any atom is -0.338 e. The predicted octanol–water partition coefficient (Wildman–Crippen LogP) is 5.27. The van der Waals surface area contributed by atoms with Crippen LogP contribution in [-0.2, 0) is 6.42 Å². The predicted molar refractivity (Wildman–Crippen MR) is 86.3 cm³/mol. The van der Waals surface area contributed by atoms with Crippen LogP contribution in [0.5, 0.6) is 0 Å². The smallest absolute Gasteiger partial charge is 0.138 e. The summed E-state index contributed by atoms with van der Waals surface area (Å²) in [5, 5.41) is 3.78. The number of halogens is 3. The van der Waals surface area contributed by atoms with Crippen LogP contribution >= 0.6 is 43.5 Å². The molecule has 1 heterocycles. The lowest BCUT2D eigenvalue weighted by molar-refractivity contribution is 0.934. The Morgan fingerprint density at radius 2 is 1.84 bits per heavy atom. The van der Waals surface area contributed by atoms with Crippen molar-refractivity contribution >= 4 is 55.0 Å². The zero-order valence-corrected chi connectivity index (χ0v) is 14.4. The van der Waals surface area contributed by atoms with Gasteiger partial charge >= 0.3 is 0 Å². The summed E-state index contributed by atoms with van der Waals surface area (Å²) in [5.74, 6) is 1.45. The molecule has 0 unspecified atom stereocenters. The van der Waals surface area contributed by atoms with Gasteiger partial charge in [-0.15, -0.1) is 0 Å². The van der Waals surface area contributed by atoms with Crippen LogP contribution in [0.1, 0.15) is 18.3 Å². The molecule has 0 atom stereocenters. The van der Waals surface area contributed by atoms with Gasteiger partial charge in [-0.05, 0) is 50.9 Å². The van der Waals surface area contributed by atoms with E-state index < -0.39 is 0 Å². The first-order valence-corrected chi connectivity index (χ1v) is 7.73. The van der Waals surface area contributed by atoms with Gasteiger partial charge in [0.15, 0.2) is 0 Å². The summed E-state index contributed by atoms with van der Waals surface area (Å²) in [7, 11) is 0. The Morgan fingerprint density at radius 3 is 2.42 bits per heavy atom. The fourth-order valence-corrected chi connectivity index (χ4v) is 2.93. The zero-order valence-electron chi connectivity index (χ0n) is 10.5. The van der Waals surface area contributed by atoms with Crippen molar-refractivity contribution in [3.63, 3.8) is 0 Å². The molecule has 6 heteroatoms. The highest BCUT2D eigenvalue weighted by Gasteiger charge is 2.11. The molecule has 0 fully saturated rings. The zero-order chi connectivity index (χ0) is 14.0. The molecule has 0 bridgehead atoms. The van der Waals surface area contributed by atoms with E-state index in [9.17, 15) is 0 Å². The van der Waals surface area contributed by atoms with Crippen molar-refractivity contribution in [3.05, 3.63) is 43.7 Å². The SMILES string of the molecule is CCc1nc(Cl)c(C)c(Nc2c(Br)cccc2Br)n1. The van der Waals surface area contributed by atoms with Crippen molar-refractivity contribution in [1.82, 2.24) is 9.97 Å². The molecule has 0 saturated heterocycles. The molecule has 2 aromatic rings. The van der Waals surface area contributed by atoms with Crippen molar-refractivity contribution in [2.24, 2.45) is 0 Å². The lowest BCUT2D eigenvalue weighted by Crippen LogP contribution is -2.03. The third kappa shape index (κ3) is 3.27. The highest BCUT2D eigenvalue weighted by molar-refractivity contribution is 9.11. The fourth-order valence-electron chi connectivity index (χ4n) is 1.55.